The fraction of sp³-hybridized carbons (Fsp3) is 0.231. The summed E-state index contributed by atoms with van der Waals surface area (Å²) >= 11 is 6.23. The number of fused-ring (bicyclic) bond motifs is 1. The topological polar surface area (TPSA) is 39.4 Å². The highest BCUT2D eigenvalue weighted by molar-refractivity contribution is 6.37. The molecule has 0 bridgehead atoms. The van der Waals surface area contributed by atoms with Crippen LogP contribution in [0.3, 0.4) is 0 Å². The molecule has 0 spiro atoms. The summed E-state index contributed by atoms with van der Waals surface area (Å²) < 4.78 is 6.46. The minimum atomic E-state index is -0.459. The van der Waals surface area contributed by atoms with Crippen LogP contribution in [0.4, 0.5) is 0 Å². The number of ether oxygens (including phenoxy) is 1. The monoisotopic (exact) mass is 266 g/mol. The Morgan fingerprint density at radius 2 is 2.11 bits per heavy atom. The lowest BCUT2D eigenvalue weighted by atomic mass is 10.1. The minimum absolute atomic E-state index is 0.291. The number of hydrogen-bond acceptors (Lipinski definition) is 3. The van der Waals surface area contributed by atoms with E-state index in [2.05, 4.69) is 0 Å². The maximum absolute atomic E-state index is 11.8. The number of para-hydroxylation sites is 1. The number of benzene rings is 1. The summed E-state index contributed by atoms with van der Waals surface area (Å²) in [5.74, 6) is -0.459. The van der Waals surface area contributed by atoms with Crippen LogP contribution in [0.1, 0.15) is 17.3 Å². The Morgan fingerprint density at radius 3 is 2.78 bits per heavy atom. The molecule has 0 saturated carbocycles. The third-order valence-corrected chi connectivity index (χ3v) is 2.96. The van der Waals surface area contributed by atoms with E-state index in [9.17, 15) is 4.79 Å². The van der Waals surface area contributed by atoms with Crippen LogP contribution in [-0.2, 0) is 4.74 Å². The van der Waals surface area contributed by atoms with Crippen molar-refractivity contribution < 1.29 is 19.1 Å². The lowest BCUT2D eigenvalue weighted by Gasteiger charge is -2.05. The second-order valence-electron chi connectivity index (χ2n) is 3.60. The Balaban J connectivity index is 2.69. The zero-order valence-electron chi connectivity index (χ0n) is 10.1. The van der Waals surface area contributed by atoms with E-state index in [-0.39, 0.29) is 0 Å². The second-order valence-corrected chi connectivity index (χ2v) is 3.98. The van der Waals surface area contributed by atoms with Gasteiger partial charge in [0.25, 0.3) is 5.52 Å². The van der Waals surface area contributed by atoms with Gasteiger partial charge in [0.15, 0.2) is 0 Å². The smallest absolute Gasteiger partial charge is 0.345 e. The minimum Gasteiger partial charge on any atom is -0.462 e. The molecule has 18 heavy (non-hydrogen) atoms. The van der Waals surface area contributed by atoms with Gasteiger partial charge in [0.2, 0.25) is 6.20 Å². The molecular formula is C13H13ClNO3+. The number of pyridine rings is 1. The normalized spacial score (nSPS) is 10.4. The maximum atomic E-state index is 11.8. The molecule has 0 N–H and O–H groups in total. The second kappa shape index (κ2) is 5.23. The van der Waals surface area contributed by atoms with Crippen molar-refractivity contribution in [1.82, 2.24) is 0 Å². The van der Waals surface area contributed by atoms with Crippen LogP contribution < -0.4 is 9.57 Å². The van der Waals surface area contributed by atoms with E-state index in [4.69, 9.17) is 21.2 Å². The summed E-state index contributed by atoms with van der Waals surface area (Å²) in [4.78, 5) is 17.0. The van der Waals surface area contributed by atoms with Crippen LogP contribution in [0, 0.1) is 0 Å². The van der Waals surface area contributed by atoms with Crippen LogP contribution in [0.5, 0.6) is 0 Å². The van der Waals surface area contributed by atoms with Crippen molar-refractivity contribution in [2.45, 2.75) is 6.92 Å². The van der Waals surface area contributed by atoms with E-state index in [0.717, 1.165) is 10.9 Å². The Kier molecular flexibility index (Phi) is 3.67. The van der Waals surface area contributed by atoms with Crippen molar-refractivity contribution in [1.29, 1.82) is 0 Å². The molecule has 0 aliphatic rings. The fourth-order valence-electron chi connectivity index (χ4n) is 1.74. The van der Waals surface area contributed by atoms with Crippen LogP contribution >= 0.6 is 11.6 Å². The summed E-state index contributed by atoms with van der Waals surface area (Å²) in [6, 6.07) is 7.41. The molecule has 0 radical (unpaired) electrons. The Morgan fingerprint density at radius 1 is 1.39 bits per heavy atom. The number of carbonyl (C=O) groups is 1. The van der Waals surface area contributed by atoms with Gasteiger partial charge in [-0.25, -0.2) is 4.79 Å². The molecule has 0 aliphatic carbocycles. The van der Waals surface area contributed by atoms with Gasteiger partial charge in [-0.05, 0) is 13.0 Å². The zero-order valence-corrected chi connectivity index (χ0v) is 10.9. The van der Waals surface area contributed by atoms with Crippen LogP contribution in [0.25, 0.3) is 10.9 Å². The Labute approximate surface area is 110 Å². The molecule has 2 rings (SSSR count). The van der Waals surface area contributed by atoms with Gasteiger partial charge >= 0.3 is 5.97 Å². The molecule has 0 amide bonds. The molecule has 0 fully saturated rings. The average Bonchev–Trinajstić information content (AvgIpc) is 2.40. The molecule has 2 aromatic rings. The van der Waals surface area contributed by atoms with Crippen molar-refractivity contribution in [3.05, 3.63) is 41.0 Å². The SMILES string of the molecule is CCOC(=O)c1c[n+](OC)c2ccccc2c1Cl. The number of rotatable bonds is 3. The highest BCUT2D eigenvalue weighted by Gasteiger charge is 2.23. The number of halogens is 1. The average molecular weight is 267 g/mol. The first-order chi connectivity index (χ1) is 8.69. The van der Waals surface area contributed by atoms with E-state index in [0.29, 0.717) is 17.2 Å². The number of carbonyl (C=O) groups excluding carboxylic acids is 1. The highest BCUT2D eigenvalue weighted by Crippen LogP contribution is 2.24. The van der Waals surface area contributed by atoms with Crippen molar-refractivity contribution in [3.8, 4) is 0 Å². The molecule has 94 valence electrons. The Hall–Kier alpha value is -1.81. The van der Waals surface area contributed by atoms with E-state index in [1.54, 1.807) is 6.92 Å². The van der Waals surface area contributed by atoms with Gasteiger partial charge in [-0.15, -0.1) is 0 Å². The molecule has 0 atom stereocenters. The summed E-state index contributed by atoms with van der Waals surface area (Å²) in [7, 11) is 1.52. The van der Waals surface area contributed by atoms with E-state index in [1.165, 1.54) is 18.0 Å². The van der Waals surface area contributed by atoms with Gasteiger partial charge < -0.3 is 4.74 Å². The lowest BCUT2D eigenvalue weighted by Crippen LogP contribution is -2.42. The molecule has 1 aromatic heterocycles. The van der Waals surface area contributed by atoms with Crippen LogP contribution in [0.15, 0.2) is 30.5 Å². The maximum Gasteiger partial charge on any atom is 0.345 e. The number of esters is 1. The predicted octanol–water partition coefficient (Wildman–Crippen LogP) is 2.02. The molecule has 0 saturated heterocycles. The molecule has 5 heteroatoms. The standard InChI is InChI=1S/C13H13ClNO3/c1-3-18-13(16)10-8-15(17-2)11-7-5-4-6-9(11)12(10)14/h4-8H,3H2,1-2H3/q+1. The van der Waals surface area contributed by atoms with E-state index >= 15 is 0 Å². The summed E-state index contributed by atoms with van der Waals surface area (Å²) in [5, 5.41) is 1.11. The largest absolute Gasteiger partial charge is 0.462 e. The van der Waals surface area contributed by atoms with Gasteiger partial charge in [-0.2, -0.15) is 0 Å². The number of aromatic nitrogens is 1. The Bertz CT molecular complexity index is 598. The van der Waals surface area contributed by atoms with Gasteiger partial charge in [-0.1, -0.05) is 23.7 Å². The van der Waals surface area contributed by atoms with Gasteiger partial charge in [0.1, 0.15) is 12.7 Å². The van der Waals surface area contributed by atoms with Crippen molar-refractivity contribution in [2.24, 2.45) is 0 Å². The van der Waals surface area contributed by atoms with Gasteiger partial charge in [-0.3, -0.25) is 4.84 Å². The molecule has 1 heterocycles. The summed E-state index contributed by atoms with van der Waals surface area (Å²) in [6.45, 7) is 2.05. The lowest BCUT2D eigenvalue weighted by molar-refractivity contribution is -0.865. The summed E-state index contributed by atoms with van der Waals surface area (Å²) in [5.41, 5.74) is 1.08. The van der Waals surface area contributed by atoms with Gasteiger partial charge in [0.05, 0.1) is 17.0 Å². The molecular weight excluding hydrogens is 254 g/mol. The first-order valence-electron chi connectivity index (χ1n) is 5.53. The van der Waals surface area contributed by atoms with Crippen molar-refractivity contribution >= 4 is 28.5 Å². The highest BCUT2D eigenvalue weighted by atomic mass is 35.5. The first kappa shape index (κ1) is 12.6. The first-order valence-corrected chi connectivity index (χ1v) is 5.91. The molecule has 0 aliphatic heterocycles. The van der Waals surface area contributed by atoms with Crippen molar-refractivity contribution in [3.63, 3.8) is 0 Å². The quantitative estimate of drug-likeness (QED) is 0.630. The fourth-order valence-corrected chi connectivity index (χ4v) is 2.03. The summed E-state index contributed by atoms with van der Waals surface area (Å²) in [6.07, 6.45) is 1.53. The third-order valence-electron chi connectivity index (χ3n) is 2.55. The number of hydrogen-bond donors (Lipinski definition) is 0. The van der Waals surface area contributed by atoms with Crippen molar-refractivity contribution in [2.75, 3.05) is 13.7 Å². The third kappa shape index (κ3) is 2.11. The number of nitrogens with zero attached hydrogens (tertiary/aromatic N) is 1. The predicted molar refractivity (Wildman–Crippen MR) is 67.6 cm³/mol. The van der Waals surface area contributed by atoms with Crippen LogP contribution in [-0.4, -0.2) is 19.7 Å². The van der Waals surface area contributed by atoms with Crippen LogP contribution in [0.2, 0.25) is 5.02 Å². The molecule has 1 aromatic carbocycles. The molecule has 4 nitrogen and oxygen atoms in total. The van der Waals surface area contributed by atoms with Gasteiger partial charge in [0, 0.05) is 10.8 Å². The molecule has 0 unspecified atom stereocenters. The van der Waals surface area contributed by atoms with E-state index < -0.39 is 5.97 Å². The zero-order chi connectivity index (χ0) is 13.1. The van der Waals surface area contributed by atoms with E-state index in [1.807, 2.05) is 24.3 Å².